The largest absolute Gasteiger partial charge is 0.494 e. The zero-order valence-corrected chi connectivity index (χ0v) is 14.9. The summed E-state index contributed by atoms with van der Waals surface area (Å²) < 4.78 is 23.9. The molecule has 0 aliphatic rings. The minimum atomic E-state index is -0.325. The molecule has 1 heterocycles. The van der Waals surface area contributed by atoms with Gasteiger partial charge in [-0.15, -0.1) is 10.2 Å². The summed E-state index contributed by atoms with van der Waals surface area (Å²) in [6, 6.07) is 13.3. The first-order valence-corrected chi connectivity index (χ1v) is 8.71. The lowest BCUT2D eigenvalue weighted by atomic mass is 10.1. The van der Waals surface area contributed by atoms with E-state index >= 15 is 0 Å². The number of rotatable bonds is 8. The SMILES string of the molecule is CCOc1ccc(CC(=O)NCCc2nnc(-c3ccc(F)cc3)o2)cc1. The van der Waals surface area contributed by atoms with Crippen LogP contribution in [0.2, 0.25) is 0 Å². The van der Waals surface area contributed by atoms with E-state index in [-0.39, 0.29) is 18.1 Å². The van der Waals surface area contributed by atoms with Crippen LogP contribution in [0.15, 0.2) is 52.9 Å². The summed E-state index contributed by atoms with van der Waals surface area (Å²) in [5.74, 6) is 1.11. The van der Waals surface area contributed by atoms with E-state index in [4.69, 9.17) is 9.15 Å². The zero-order valence-electron chi connectivity index (χ0n) is 14.9. The molecule has 7 heteroatoms. The van der Waals surface area contributed by atoms with Crippen LogP contribution in [0.5, 0.6) is 5.75 Å². The first-order chi connectivity index (χ1) is 13.1. The highest BCUT2D eigenvalue weighted by atomic mass is 19.1. The summed E-state index contributed by atoms with van der Waals surface area (Å²) in [5.41, 5.74) is 1.56. The Labute approximate surface area is 156 Å². The van der Waals surface area contributed by atoms with E-state index in [1.54, 1.807) is 12.1 Å². The van der Waals surface area contributed by atoms with Crippen molar-refractivity contribution >= 4 is 5.91 Å². The third kappa shape index (κ3) is 5.37. The monoisotopic (exact) mass is 369 g/mol. The number of ether oxygens (including phenoxy) is 1. The maximum absolute atomic E-state index is 12.9. The molecular weight excluding hydrogens is 349 g/mol. The van der Waals surface area contributed by atoms with Gasteiger partial charge >= 0.3 is 0 Å². The number of aromatic nitrogens is 2. The fourth-order valence-electron chi connectivity index (χ4n) is 2.49. The lowest BCUT2D eigenvalue weighted by Gasteiger charge is -2.06. The van der Waals surface area contributed by atoms with Crippen molar-refractivity contribution in [3.8, 4) is 17.2 Å². The molecule has 6 nitrogen and oxygen atoms in total. The smallest absolute Gasteiger partial charge is 0.247 e. The van der Waals surface area contributed by atoms with Crippen LogP contribution in [-0.2, 0) is 17.6 Å². The normalized spacial score (nSPS) is 10.6. The second kappa shape index (κ2) is 8.93. The van der Waals surface area contributed by atoms with Crippen LogP contribution in [0.3, 0.4) is 0 Å². The van der Waals surface area contributed by atoms with Crippen molar-refractivity contribution in [3.05, 3.63) is 65.8 Å². The first-order valence-electron chi connectivity index (χ1n) is 8.71. The summed E-state index contributed by atoms with van der Waals surface area (Å²) in [7, 11) is 0. The molecule has 1 aromatic heterocycles. The van der Waals surface area contributed by atoms with Gasteiger partial charge < -0.3 is 14.5 Å². The second-order valence-corrected chi connectivity index (χ2v) is 5.86. The summed E-state index contributed by atoms with van der Waals surface area (Å²) >= 11 is 0. The van der Waals surface area contributed by atoms with E-state index in [0.29, 0.717) is 36.9 Å². The lowest BCUT2D eigenvalue weighted by molar-refractivity contribution is -0.120. The van der Waals surface area contributed by atoms with Gasteiger partial charge in [0.25, 0.3) is 0 Å². The maximum Gasteiger partial charge on any atom is 0.247 e. The molecule has 0 spiro atoms. The van der Waals surface area contributed by atoms with E-state index in [1.165, 1.54) is 12.1 Å². The molecule has 0 atom stereocenters. The van der Waals surface area contributed by atoms with Crippen molar-refractivity contribution in [2.75, 3.05) is 13.2 Å². The summed E-state index contributed by atoms with van der Waals surface area (Å²) in [4.78, 5) is 12.0. The molecule has 3 aromatic rings. The predicted octanol–water partition coefficient (Wildman–Crippen LogP) is 3.18. The summed E-state index contributed by atoms with van der Waals surface area (Å²) in [6.45, 7) is 2.92. The Hall–Kier alpha value is -3.22. The van der Waals surface area contributed by atoms with Gasteiger partial charge in [0, 0.05) is 18.5 Å². The highest BCUT2D eigenvalue weighted by molar-refractivity contribution is 5.78. The van der Waals surface area contributed by atoms with E-state index in [0.717, 1.165) is 11.3 Å². The number of nitrogens with one attached hydrogen (secondary N) is 1. The van der Waals surface area contributed by atoms with Crippen LogP contribution >= 0.6 is 0 Å². The Bertz CT molecular complexity index is 876. The van der Waals surface area contributed by atoms with Gasteiger partial charge in [-0.25, -0.2) is 4.39 Å². The molecule has 0 aliphatic heterocycles. The van der Waals surface area contributed by atoms with Crippen molar-refractivity contribution < 1.29 is 18.3 Å². The molecule has 0 saturated carbocycles. The third-order valence-electron chi connectivity index (χ3n) is 3.82. The number of nitrogens with zero attached hydrogens (tertiary/aromatic N) is 2. The Morgan fingerprint density at radius 1 is 1.11 bits per heavy atom. The van der Waals surface area contributed by atoms with Crippen LogP contribution < -0.4 is 10.1 Å². The molecule has 1 amide bonds. The quantitative estimate of drug-likeness (QED) is 0.660. The molecule has 0 fully saturated rings. The van der Waals surface area contributed by atoms with Crippen LogP contribution in [-0.4, -0.2) is 29.3 Å². The molecule has 0 aliphatic carbocycles. The van der Waals surface area contributed by atoms with Gasteiger partial charge in [0.1, 0.15) is 11.6 Å². The summed E-state index contributed by atoms with van der Waals surface area (Å²) in [5, 5.41) is 10.7. The zero-order chi connectivity index (χ0) is 19.1. The van der Waals surface area contributed by atoms with E-state index in [2.05, 4.69) is 15.5 Å². The highest BCUT2D eigenvalue weighted by Crippen LogP contribution is 2.18. The van der Waals surface area contributed by atoms with Crippen molar-refractivity contribution in [2.45, 2.75) is 19.8 Å². The van der Waals surface area contributed by atoms with Crippen molar-refractivity contribution in [3.63, 3.8) is 0 Å². The molecule has 3 rings (SSSR count). The number of hydrogen-bond donors (Lipinski definition) is 1. The average molecular weight is 369 g/mol. The number of halogens is 1. The van der Waals surface area contributed by atoms with Crippen LogP contribution in [0.4, 0.5) is 4.39 Å². The second-order valence-electron chi connectivity index (χ2n) is 5.86. The minimum absolute atomic E-state index is 0.0857. The van der Waals surface area contributed by atoms with Crippen LogP contribution in [0, 0.1) is 5.82 Å². The van der Waals surface area contributed by atoms with Gasteiger partial charge in [-0.1, -0.05) is 12.1 Å². The molecule has 0 bridgehead atoms. The Morgan fingerprint density at radius 2 is 1.85 bits per heavy atom. The maximum atomic E-state index is 12.9. The average Bonchev–Trinajstić information content (AvgIpc) is 3.13. The molecule has 140 valence electrons. The number of carbonyl (C=O) groups is 1. The first kappa shape index (κ1) is 18.6. The van der Waals surface area contributed by atoms with E-state index in [1.807, 2.05) is 31.2 Å². The van der Waals surface area contributed by atoms with Crippen molar-refractivity contribution in [1.29, 1.82) is 0 Å². The fraction of sp³-hybridized carbons (Fsp3) is 0.250. The summed E-state index contributed by atoms with van der Waals surface area (Å²) in [6.07, 6.45) is 0.709. The van der Waals surface area contributed by atoms with Gasteiger partial charge in [0.15, 0.2) is 0 Å². The number of benzene rings is 2. The Balaban J connectivity index is 1.45. The predicted molar refractivity (Wildman–Crippen MR) is 97.7 cm³/mol. The van der Waals surface area contributed by atoms with Crippen LogP contribution in [0.1, 0.15) is 18.4 Å². The number of hydrogen-bond acceptors (Lipinski definition) is 5. The molecule has 0 radical (unpaired) electrons. The van der Waals surface area contributed by atoms with Crippen molar-refractivity contribution in [2.24, 2.45) is 0 Å². The molecule has 0 unspecified atom stereocenters. The van der Waals surface area contributed by atoms with Gasteiger partial charge in [0.05, 0.1) is 13.0 Å². The van der Waals surface area contributed by atoms with E-state index < -0.39 is 0 Å². The van der Waals surface area contributed by atoms with Gasteiger partial charge in [-0.2, -0.15) is 0 Å². The molecule has 0 saturated heterocycles. The molecule has 2 aromatic carbocycles. The molecular formula is C20H20FN3O3. The van der Waals surface area contributed by atoms with Gasteiger partial charge in [0.2, 0.25) is 17.7 Å². The Kier molecular flexibility index (Phi) is 6.14. The standard InChI is InChI=1S/C20H20FN3O3/c1-2-26-17-9-3-14(4-10-17)13-18(25)22-12-11-19-23-24-20(27-19)15-5-7-16(21)8-6-15/h3-10H,2,11-13H2,1H3,(H,22,25). The molecule has 27 heavy (non-hydrogen) atoms. The number of carbonyl (C=O) groups excluding carboxylic acids is 1. The Morgan fingerprint density at radius 3 is 2.56 bits per heavy atom. The minimum Gasteiger partial charge on any atom is -0.494 e. The fourth-order valence-corrected chi connectivity index (χ4v) is 2.49. The van der Waals surface area contributed by atoms with Gasteiger partial charge in [-0.3, -0.25) is 4.79 Å². The van der Waals surface area contributed by atoms with Gasteiger partial charge in [-0.05, 0) is 48.9 Å². The molecule has 1 N–H and O–H groups in total. The van der Waals surface area contributed by atoms with E-state index in [9.17, 15) is 9.18 Å². The lowest BCUT2D eigenvalue weighted by Crippen LogP contribution is -2.27. The third-order valence-corrected chi connectivity index (χ3v) is 3.82. The topological polar surface area (TPSA) is 77.2 Å². The number of amides is 1. The van der Waals surface area contributed by atoms with Crippen LogP contribution in [0.25, 0.3) is 11.5 Å². The van der Waals surface area contributed by atoms with Crippen molar-refractivity contribution in [1.82, 2.24) is 15.5 Å². The highest BCUT2D eigenvalue weighted by Gasteiger charge is 2.09.